The normalized spacial score (nSPS) is 15.0. The maximum absolute atomic E-state index is 13.1. The molecule has 0 saturated heterocycles. The van der Waals surface area contributed by atoms with Gasteiger partial charge in [-0.05, 0) is 37.1 Å². The Morgan fingerprint density at radius 3 is 2.42 bits per heavy atom. The number of carbonyl (C=O) groups is 1. The van der Waals surface area contributed by atoms with Crippen LogP contribution in [0.3, 0.4) is 0 Å². The molecule has 4 rings (SSSR count). The van der Waals surface area contributed by atoms with E-state index in [1.54, 1.807) is 36.7 Å². The zero-order valence-electron chi connectivity index (χ0n) is 18.9. The van der Waals surface area contributed by atoms with Gasteiger partial charge in [0, 0.05) is 35.5 Å². The van der Waals surface area contributed by atoms with Crippen molar-refractivity contribution in [1.82, 2.24) is 24.5 Å². The molecule has 1 aliphatic carbocycles. The molecule has 1 aromatic carbocycles. The predicted octanol–water partition coefficient (Wildman–Crippen LogP) is 3.43. The fraction of sp³-hybridized carbons (Fsp3) is 0.391. The van der Waals surface area contributed by atoms with Crippen molar-refractivity contribution in [2.45, 2.75) is 62.8 Å². The third-order valence-corrected chi connectivity index (χ3v) is 7.06. The standard InChI is InChI=1S/C23H28N6O3S/c1-23(2,3)19-15-20(29(27-19)22-24-12-7-13-25-22)26-21(30)16-8-6-11-18(14-16)33(31,32)28-17-9-4-5-10-17/h6-8,11-15,17,28H,4-5,9-10H2,1-3H3,(H,26,30). The molecule has 10 heteroatoms. The van der Waals surface area contributed by atoms with Gasteiger partial charge in [0.25, 0.3) is 11.9 Å². The fourth-order valence-corrected chi connectivity index (χ4v) is 5.06. The average molecular weight is 469 g/mol. The average Bonchev–Trinajstić information content (AvgIpc) is 3.44. The number of aromatic nitrogens is 4. The highest BCUT2D eigenvalue weighted by Gasteiger charge is 2.25. The lowest BCUT2D eigenvalue weighted by Gasteiger charge is -2.13. The number of anilines is 1. The molecule has 1 aliphatic rings. The van der Waals surface area contributed by atoms with Gasteiger partial charge in [0.1, 0.15) is 5.82 Å². The number of nitrogens with zero attached hydrogens (tertiary/aromatic N) is 4. The van der Waals surface area contributed by atoms with E-state index in [0.717, 1.165) is 31.4 Å². The lowest BCUT2D eigenvalue weighted by atomic mass is 9.92. The summed E-state index contributed by atoms with van der Waals surface area (Å²) < 4.78 is 29.8. The van der Waals surface area contributed by atoms with Crippen LogP contribution < -0.4 is 10.0 Å². The number of amides is 1. The van der Waals surface area contributed by atoms with Crippen molar-refractivity contribution < 1.29 is 13.2 Å². The van der Waals surface area contributed by atoms with E-state index in [2.05, 4.69) is 25.1 Å². The molecule has 1 amide bonds. The van der Waals surface area contributed by atoms with Crippen LogP contribution in [0.5, 0.6) is 0 Å². The van der Waals surface area contributed by atoms with Crippen molar-refractivity contribution >= 4 is 21.7 Å². The van der Waals surface area contributed by atoms with Crippen LogP contribution >= 0.6 is 0 Å². The molecule has 33 heavy (non-hydrogen) atoms. The summed E-state index contributed by atoms with van der Waals surface area (Å²) in [6, 6.07) is 9.44. The molecule has 1 fully saturated rings. The maximum Gasteiger partial charge on any atom is 0.256 e. The molecule has 2 heterocycles. The zero-order valence-corrected chi connectivity index (χ0v) is 19.8. The van der Waals surface area contributed by atoms with Crippen molar-refractivity contribution in [3.05, 3.63) is 60.0 Å². The fourth-order valence-electron chi connectivity index (χ4n) is 3.71. The lowest BCUT2D eigenvalue weighted by Crippen LogP contribution is -2.32. The molecule has 1 saturated carbocycles. The van der Waals surface area contributed by atoms with Gasteiger partial charge in [0.2, 0.25) is 10.0 Å². The summed E-state index contributed by atoms with van der Waals surface area (Å²) >= 11 is 0. The second kappa shape index (κ2) is 9.03. The Balaban J connectivity index is 1.61. The van der Waals surface area contributed by atoms with E-state index in [-0.39, 0.29) is 21.9 Å². The first-order chi connectivity index (χ1) is 15.6. The second-order valence-corrected chi connectivity index (χ2v) is 10.9. The van der Waals surface area contributed by atoms with Crippen molar-refractivity contribution in [1.29, 1.82) is 0 Å². The van der Waals surface area contributed by atoms with Crippen molar-refractivity contribution in [3.63, 3.8) is 0 Å². The molecule has 2 aromatic heterocycles. The van der Waals surface area contributed by atoms with Gasteiger partial charge in [-0.25, -0.2) is 23.1 Å². The molecular weight excluding hydrogens is 440 g/mol. The molecule has 9 nitrogen and oxygen atoms in total. The van der Waals surface area contributed by atoms with Gasteiger partial charge in [-0.3, -0.25) is 4.79 Å². The van der Waals surface area contributed by atoms with Gasteiger partial charge < -0.3 is 5.32 Å². The summed E-state index contributed by atoms with van der Waals surface area (Å²) in [6.07, 6.45) is 6.90. The first-order valence-electron chi connectivity index (χ1n) is 11.0. The van der Waals surface area contributed by atoms with E-state index in [0.29, 0.717) is 11.8 Å². The summed E-state index contributed by atoms with van der Waals surface area (Å²) in [5, 5.41) is 7.42. The van der Waals surface area contributed by atoms with E-state index in [9.17, 15) is 13.2 Å². The molecular formula is C23H28N6O3S. The van der Waals surface area contributed by atoms with E-state index >= 15 is 0 Å². The first-order valence-corrected chi connectivity index (χ1v) is 12.4. The van der Waals surface area contributed by atoms with Crippen LogP contribution in [-0.2, 0) is 15.4 Å². The summed E-state index contributed by atoms with van der Waals surface area (Å²) in [4.78, 5) is 21.6. The summed E-state index contributed by atoms with van der Waals surface area (Å²) in [7, 11) is -3.71. The molecule has 0 radical (unpaired) electrons. The molecule has 0 aliphatic heterocycles. The molecule has 0 unspecified atom stereocenters. The Labute approximate surface area is 193 Å². The van der Waals surface area contributed by atoms with Gasteiger partial charge in [-0.2, -0.15) is 9.78 Å². The number of nitrogens with one attached hydrogen (secondary N) is 2. The van der Waals surface area contributed by atoms with Gasteiger partial charge in [0.05, 0.1) is 10.6 Å². The van der Waals surface area contributed by atoms with Crippen LogP contribution in [0.4, 0.5) is 5.82 Å². The Bertz CT molecular complexity index is 1240. The third-order valence-electron chi connectivity index (χ3n) is 5.54. The van der Waals surface area contributed by atoms with Gasteiger partial charge in [-0.1, -0.05) is 39.7 Å². The number of carbonyl (C=O) groups excluding carboxylic acids is 1. The minimum absolute atomic E-state index is 0.0523. The van der Waals surface area contributed by atoms with Crippen LogP contribution in [0.15, 0.2) is 53.7 Å². The SMILES string of the molecule is CC(C)(C)c1cc(NC(=O)c2cccc(S(=O)(=O)NC3CCCC3)c2)n(-c2ncccn2)n1. The second-order valence-electron chi connectivity index (χ2n) is 9.21. The molecule has 0 spiro atoms. The van der Waals surface area contributed by atoms with Crippen LogP contribution in [-0.4, -0.2) is 40.1 Å². The van der Waals surface area contributed by atoms with E-state index in [4.69, 9.17) is 0 Å². The minimum Gasteiger partial charge on any atom is -0.306 e. The Hall–Kier alpha value is -3.11. The number of rotatable bonds is 6. The van der Waals surface area contributed by atoms with Crippen molar-refractivity contribution in [2.75, 3.05) is 5.32 Å². The third kappa shape index (κ3) is 5.28. The number of hydrogen-bond donors (Lipinski definition) is 2. The van der Waals surface area contributed by atoms with Crippen LogP contribution in [0.1, 0.15) is 62.5 Å². The highest BCUT2D eigenvalue weighted by Crippen LogP contribution is 2.26. The largest absolute Gasteiger partial charge is 0.306 e. The number of sulfonamides is 1. The van der Waals surface area contributed by atoms with Gasteiger partial charge >= 0.3 is 0 Å². The summed E-state index contributed by atoms with van der Waals surface area (Å²) in [6.45, 7) is 6.05. The minimum atomic E-state index is -3.71. The monoisotopic (exact) mass is 468 g/mol. The van der Waals surface area contributed by atoms with Crippen LogP contribution in [0.25, 0.3) is 5.95 Å². The Kier molecular flexibility index (Phi) is 6.31. The summed E-state index contributed by atoms with van der Waals surface area (Å²) in [5.41, 5.74) is 0.713. The quantitative estimate of drug-likeness (QED) is 0.572. The highest BCUT2D eigenvalue weighted by molar-refractivity contribution is 7.89. The Morgan fingerprint density at radius 1 is 1.06 bits per heavy atom. The van der Waals surface area contributed by atoms with E-state index < -0.39 is 15.9 Å². The lowest BCUT2D eigenvalue weighted by molar-refractivity contribution is 0.102. The van der Waals surface area contributed by atoms with Crippen LogP contribution in [0, 0.1) is 0 Å². The predicted molar refractivity (Wildman–Crippen MR) is 125 cm³/mol. The molecule has 0 atom stereocenters. The maximum atomic E-state index is 13.1. The van der Waals surface area contributed by atoms with Gasteiger partial charge in [-0.15, -0.1) is 0 Å². The van der Waals surface area contributed by atoms with Gasteiger partial charge in [0.15, 0.2) is 0 Å². The van der Waals surface area contributed by atoms with Crippen molar-refractivity contribution in [3.8, 4) is 5.95 Å². The van der Waals surface area contributed by atoms with E-state index in [1.807, 2.05) is 20.8 Å². The summed E-state index contributed by atoms with van der Waals surface area (Å²) in [5.74, 6) is 0.263. The topological polar surface area (TPSA) is 119 Å². The van der Waals surface area contributed by atoms with E-state index in [1.165, 1.54) is 16.8 Å². The smallest absolute Gasteiger partial charge is 0.256 e. The highest BCUT2D eigenvalue weighted by atomic mass is 32.2. The first kappa shape index (κ1) is 23.1. The number of benzene rings is 1. The molecule has 2 N–H and O–H groups in total. The zero-order chi connectivity index (χ0) is 23.6. The van der Waals surface area contributed by atoms with Crippen molar-refractivity contribution in [2.24, 2.45) is 0 Å². The molecule has 174 valence electrons. The molecule has 0 bridgehead atoms. The van der Waals surface area contributed by atoms with Crippen LogP contribution in [0.2, 0.25) is 0 Å². The molecule has 3 aromatic rings. The Morgan fingerprint density at radius 2 is 1.76 bits per heavy atom. The number of hydrogen-bond acceptors (Lipinski definition) is 6.